The third-order valence-corrected chi connectivity index (χ3v) is 6.27. The number of thiazole rings is 1. The average molecular weight is 428 g/mol. The minimum Gasteiger partial charge on any atom is -0.310 e. The van der Waals surface area contributed by atoms with Crippen LogP contribution in [-0.4, -0.2) is 29.1 Å². The van der Waals surface area contributed by atoms with Gasteiger partial charge in [-0.3, -0.25) is 9.59 Å². The zero-order valence-corrected chi connectivity index (χ0v) is 17.1. The number of nitrogens with one attached hydrogen (secondary N) is 1. The molecule has 0 saturated heterocycles. The van der Waals surface area contributed by atoms with Crippen LogP contribution in [0.15, 0.2) is 58.8 Å². The van der Waals surface area contributed by atoms with Crippen molar-refractivity contribution in [1.29, 1.82) is 0 Å². The third kappa shape index (κ3) is 4.65. The first-order valence-corrected chi connectivity index (χ1v) is 11.0. The summed E-state index contributed by atoms with van der Waals surface area (Å²) in [6.07, 6.45) is 0.215. The van der Waals surface area contributed by atoms with E-state index in [-0.39, 0.29) is 30.5 Å². The number of thioether (sulfide) groups is 1. The van der Waals surface area contributed by atoms with E-state index < -0.39 is 0 Å². The smallest absolute Gasteiger partial charge is 0.227 e. The van der Waals surface area contributed by atoms with E-state index in [1.165, 1.54) is 23.5 Å². The Bertz CT molecular complexity index is 1050. The standard InChI is InChI=1S/C21H18FN3O2S2/c22-15-5-3-4-14(12-15)16-13-29-21(23-16)24-19(26)8-9-20(27)25-10-11-28-18-7-2-1-6-17(18)25/h1-7,12-13H,8-11H2,(H,23,24,26). The Morgan fingerprint density at radius 1 is 1.14 bits per heavy atom. The molecule has 0 fully saturated rings. The van der Waals surface area contributed by atoms with Crippen molar-refractivity contribution in [3.05, 3.63) is 59.7 Å². The second kappa shape index (κ2) is 8.75. The minimum atomic E-state index is -0.336. The molecule has 0 unspecified atom stereocenters. The Labute approximate surface area is 176 Å². The fraction of sp³-hybridized carbons (Fsp3) is 0.190. The highest BCUT2D eigenvalue weighted by atomic mass is 32.2. The number of benzene rings is 2. The second-order valence-corrected chi connectivity index (χ2v) is 8.45. The highest BCUT2D eigenvalue weighted by molar-refractivity contribution is 7.99. The topological polar surface area (TPSA) is 62.3 Å². The predicted octanol–water partition coefficient (Wildman–Crippen LogP) is 4.81. The van der Waals surface area contributed by atoms with Gasteiger partial charge in [0.2, 0.25) is 11.8 Å². The van der Waals surface area contributed by atoms with Gasteiger partial charge in [-0.15, -0.1) is 23.1 Å². The highest BCUT2D eigenvalue weighted by Crippen LogP contribution is 2.34. The van der Waals surface area contributed by atoms with Gasteiger partial charge in [0.1, 0.15) is 5.82 Å². The van der Waals surface area contributed by atoms with Crippen LogP contribution in [-0.2, 0) is 9.59 Å². The number of hydrogen-bond donors (Lipinski definition) is 1. The van der Waals surface area contributed by atoms with Crippen molar-refractivity contribution in [2.24, 2.45) is 0 Å². The van der Waals surface area contributed by atoms with E-state index in [2.05, 4.69) is 10.3 Å². The van der Waals surface area contributed by atoms with Crippen molar-refractivity contribution in [2.75, 3.05) is 22.5 Å². The van der Waals surface area contributed by atoms with Gasteiger partial charge in [0.25, 0.3) is 0 Å². The van der Waals surface area contributed by atoms with Gasteiger partial charge in [0.05, 0.1) is 11.4 Å². The summed E-state index contributed by atoms with van der Waals surface area (Å²) in [5.41, 5.74) is 2.16. The Balaban J connectivity index is 1.34. The normalized spacial score (nSPS) is 13.1. The number of amides is 2. The number of carbonyl (C=O) groups is 2. The van der Waals surface area contributed by atoms with Crippen LogP contribution in [0.2, 0.25) is 0 Å². The van der Waals surface area contributed by atoms with E-state index in [0.29, 0.717) is 22.9 Å². The summed E-state index contributed by atoms with van der Waals surface area (Å²) in [7, 11) is 0. The lowest BCUT2D eigenvalue weighted by Gasteiger charge is -2.28. The molecule has 29 heavy (non-hydrogen) atoms. The fourth-order valence-electron chi connectivity index (χ4n) is 3.08. The van der Waals surface area contributed by atoms with Crippen molar-refractivity contribution in [2.45, 2.75) is 17.7 Å². The lowest BCUT2D eigenvalue weighted by molar-refractivity contribution is -0.122. The first kappa shape index (κ1) is 19.6. The molecule has 0 spiro atoms. The summed E-state index contributed by atoms with van der Waals surface area (Å²) in [6.45, 7) is 0.644. The van der Waals surface area contributed by atoms with Crippen LogP contribution in [0, 0.1) is 5.82 Å². The second-order valence-electron chi connectivity index (χ2n) is 6.46. The van der Waals surface area contributed by atoms with E-state index in [4.69, 9.17) is 0 Å². The fourth-order valence-corrected chi connectivity index (χ4v) is 4.81. The number of halogens is 1. The van der Waals surface area contributed by atoms with Gasteiger partial charge in [0.15, 0.2) is 5.13 Å². The van der Waals surface area contributed by atoms with Gasteiger partial charge in [-0.2, -0.15) is 0 Å². The van der Waals surface area contributed by atoms with Crippen LogP contribution in [0.5, 0.6) is 0 Å². The van der Waals surface area contributed by atoms with Crippen LogP contribution in [0.4, 0.5) is 15.2 Å². The monoisotopic (exact) mass is 427 g/mol. The molecule has 2 heterocycles. The Kier molecular flexibility index (Phi) is 5.92. The molecule has 1 aliphatic heterocycles. The molecule has 1 aliphatic rings. The number of para-hydroxylation sites is 1. The molecule has 1 N–H and O–H groups in total. The van der Waals surface area contributed by atoms with E-state index in [0.717, 1.165) is 16.3 Å². The molecule has 8 heteroatoms. The van der Waals surface area contributed by atoms with E-state index in [9.17, 15) is 14.0 Å². The molecule has 148 valence electrons. The number of aromatic nitrogens is 1. The summed E-state index contributed by atoms with van der Waals surface area (Å²) in [4.78, 5) is 32.1. The van der Waals surface area contributed by atoms with Crippen molar-refractivity contribution in [1.82, 2.24) is 4.98 Å². The molecule has 4 rings (SSSR count). The maximum Gasteiger partial charge on any atom is 0.227 e. The molecule has 5 nitrogen and oxygen atoms in total. The number of nitrogens with zero attached hydrogens (tertiary/aromatic N) is 2. The molecule has 1 aromatic heterocycles. The molecule has 2 aromatic carbocycles. The van der Waals surface area contributed by atoms with Crippen LogP contribution in [0.25, 0.3) is 11.3 Å². The average Bonchev–Trinajstić information content (AvgIpc) is 3.20. The van der Waals surface area contributed by atoms with Crippen molar-refractivity contribution in [3.8, 4) is 11.3 Å². The molecule has 0 saturated carbocycles. The molecule has 0 radical (unpaired) electrons. The number of fused-ring (bicyclic) bond motifs is 1. The maximum atomic E-state index is 13.4. The highest BCUT2D eigenvalue weighted by Gasteiger charge is 2.23. The minimum absolute atomic E-state index is 0.0625. The molecule has 0 aliphatic carbocycles. The van der Waals surface area contributed by atoms with Crippen LogP contribution in [0.3, 0.4) is 0 Å². The van der Waals surface area contributed by atoms with Crippen molar-refractivity contribution < 1.29 is 14.0 Å². The summed E-state index contributed by atoms with van der Waals surface area (Å²) >= 11 is 3.00. The Hall–Kier alpha value is -2.71. The number of carbonyl (C=O) groups excluding carboxylic acids is 2. The largest absolute Gasteiger partial charge is 0.310 e. The number of rotatable bonds is 5. The van der Waals surface area contributed by atoms with E-state index in [1.54, 1.807) is 34.2 Å². The summed E-state index contributed by atoms with van der Waals surface area (Å²) in [5.74, 6) is 0.180. The molecule has 2 amide bonds. The summed E-state index contributed by atoms with van der Waals surface area (Å²) in [5, 5.41) is 4.92. The molecular formula is C21H18FN3O2S2. The predicted molar refractivity (Wildman–Crippen MR) is 115 cm³/mol. The zero-order valence-electron chi connectivity index (χ0n) is 15.4. The molecular weight excluding hydrogens is 409 g/mol. The third-order valence-electron chi connectivity index (χ3n) is 4.47. The van der Waals surface area contributed by atoms with Gasteiger partial charge in [-0.25, -0.2) is 9.37 Å². The van der Waals surface area contributed by atoms with Crippen molar-refractivity contribution >= 4 is 45.7 Å². The Morgan fingerprint density at radius 2 is 2.00 bits per heavy atom. The van der Waals surface area contributed by atoms with Gasteiger partial charge < -0.3 is 10.2 Å². The van der Waals surface area contributed by atoms with Gasteiger partial charge in [-0.05, 0) is 24.3 Å². The lowest BCUT2D eigenvalue weighted by Crippen LogP contribution is -2.35. The maximum absolute atomic E-state index is 13.4. The SMILES string of the molecule is O=C(CCC(=O)N1CCSc2ccccc21)Nc1nc(-c2cccc(F)c2)cs1. The lowest BCUT2D eigenvalue weighted by atomic mass is 10.2. The summed E-state index contributed by atoms with van der Waals surface area (Å²) in [6, 6.07) is 14.0. The number of hydrogen-bond acceptors (Lipinski definition) is 5. The van der Waals surface area contributed by atoms with Gasteiger partial charge >= 0.3 is 0 Å². The number of anilines is 2. The van der Waals surface area contributed by atoms with Gasteiger partial charge in [-0.1, -0.05) is 24.3 Å². The quantitative estimate of drug-likeness (QED) is 0.635. The van der Waals surface area contributed by atoms with Crippen molar-refractivity contribution in [3.63, 3.8) is 0 Å². The van der Waals surface area contributed by atoms with Crippen LogP contribution >= 0.6 is 23.1 Å². The zero-order chi connectivity index (χ0) is 20.2. The first-order chi connectivity index (χ1) is 14.1. The van der Waals surface area contributed by atoms with E-state index in [1.807, 2.05) is 24.3 Å². The summed E-state index contributed by atoms with van der Waals surface area (Å²) < 4.78 is 13.4. The van der Waals surface area contributed by atoms with E-state index >= 15 is 0 Å². The van der Waals surface area contributed by atoms with Crippen LogP contribution < -0.4 is 10.2 Å². The van der Waals surface area contributed by atoms with Gasteiger partial charge in [0, 0.05) is 41.0 Å². The Morgan fingerprint density at radius 3 is 2.86 bits per heavy atom. The first-order valence-electron chi connectivity index (χ1n) is 9.14. The molecule has 0 bridgehead atoms. The van der Waals surface area contributed by atoms with Crippen LogP contribution in [0.1, 0.15) is 12.8 Å². The molecule has 0 atom stereocenters. The molecule has 3 aromatic rings.